The Morgan fingerprint density at radius 2 is 2.38 bits per heavy atom. The monoisotopic (exact) mass is 200 g/mol. The van der Waals surface area contributed by atoms with Gasteiger partial charge in [-0.25, -0.2) is 0 Å². The molecule has 1 aromatic rings. The van der Waals surface area contributed by atoms with E-state index in [2.05, 4.69) is 17.4 Å². The summed E-state index contributed by atoms with van der Waals surface area (Å²) in [6.45, 7) is 1.77. The molecule has 1 heterocycles. The van der Waals surface area contributed by atoms with Gasteiger partial charge in [0.2, 0.25) is 0 Å². The molecule has 0 saturated heterocycles. The lowest BCUT2D eigenvalue weighted by molar-refractivity contribution is -0.144. The molecule has 4 heteroatoms. The van der Waals surface area contributed by atoms with Gasteiger partial charge in [0, 0.05) is 10.8 Å². The molecule has 0 bridgehead atoms. The first-order valence-electron chi connectivity index (χ1n) is 3.94. The van der Waals surface area contributed by atoms with E-state index in [-0.39, 0.29) is 17.1 Å². The molecule has 13 heavy (non-hydrogen) atoms. The van der Waals surface area contributed by atoms with Crippen molar-refractivity contribution in [3.63, 3.8) is 0 Å². The number of carbonyl (C=O) groups is 1. The molecule has 0 amide bonds. The summed E-state index contributed by atoms with van der Waals surface area (Å²) >= 11 is 4.31. The highest BCUT2D eigenvalue weighted by Gasteiger charge is 2.23. The number of esters is 1. The maximum atomic E-state index is 11.1. The van der Waals surface area contributed by atoms with Crippen molar-refractivity contribution in [1.82, 2.24) is 0 Å². The van der Waals surface area contributed by atoms with E-state index in [1.54, 1.807) is 25.5 Å². The Morgan fingerprint density at radius 1 is 1.69 bits per heavy atom. The van der Waals surface area contributed by atoms with Gasteiger partial charge in [-0.1, -0.05) is 6.92 Å². The van der Waals surface area contributed by atoms with Crippen molar-refractivity contribution in [3.8, 4) is 0 Å². The van der Waals surface area contributed by atoms with E-state index in [0.29, 0.717) is 0 Å². The molecule has 1 aromatic heterocycles. The average Bonchev–Trinajstić information content (AvgIpc) is 2.67. The Bertz CT molecular complexity index is 268. The lowest BCUT2D eigenvalue weighted by atomic mass is 10.0. The zero-order valence-corrected chi connectivity index (χ0v) is 8.45. The second-order valence-electron chi connectivity index (χ2n) is 2.81. The first kappa shape index (κ1) is 10.2. The van der Waals surface area contributed by atoms with Crippen LogP contribution in [0.5, 0.6) is 0 Å². The zero-order valence-electron chi connectivity index (χ0n) is 7.56. The predicted molar refractivity (Wildman–Crippen MR) is 51.6 cm³/mol. The van der Waals surface area contributed by atoms with Gasteiger partial charge in [0.15, 0.2) is 0 Å². The fourth-order valence-corrected chi connectivity index (χ4v) is 1.32. The summed E-state index contributed by atoms with van der Waals surface area (Å²) in [6, 6.07) is 1.79. The lowest BCUT2D eigenvalue weighted by Crippen LogP contribution is -2.17. The summed E-state index contributed by atoms with van der Waals surface area (Å²) in [6.07, 6.45) is 3.14. The summed E-state index contributed by atoms with van der Waals surface area (Å²) < 4.78 is 9.51. The summed E-state index contributed by atoms with van der Waals surface area (Å²) in [5.41, 5.74) is 0.890. The van der Waals surface area contributed by atoms with Crippen LogP contribution in [0.3, 0.4) is 0 Å². The molecule has 72 valence electrons. The topological polar surface area (TPSA) is 39.4 Å². The molecule has 2 atom stereocenters. The number of rotatable bonds is 3. The van der Waals surface area contributed by atoms with Gasteiger partial charge in [-0.2, -0.15) is 12.6 Å². The third-order valence-corrected chi connectivity index (χ3v) is 2.68. The quantitative estimate of drug-likeness (QED) is 0.599. The highest BCUT2D eigenvalue weighted by molar-refractivity contribution is 7.80. The van der Waals surface area contributed by atoms with E-state index >= 15 is 0 Å². The van der Waals surface area contributed by atoms with Crippen molar-refractivity contribution < 1.29 is 13.9 Å². The van der Waals surface area contributed by atoms with Crippen molar-refractivity contribution in [2.45, 2.75) is 12.2 Å². The first-order chi connectivity index (χ1) is 6.16. The number of thiol groups is 1. The Kier molecular flexibility index (Phi) is 3.42. The molecule has 0 spiro atoms. The number of hydrogen-bond donors (Lipinski definition) is 1. The number of hydrogen-bond acceptors (Lipinski definition) is 4. The number of carbonyl (C=O) groups excluding carboxylic acids is 1. The summed E-state index contributed by atoms with van der Waals surface area (Å²) in [5.74, 6) is -0.535. The van der Waals surface area contributed by atoms with Gasteiger partial charge >= 0.3 is 5.97 Å². The maximum Gasteiger partial charge on any atom is 0.309 e. The van der Waals surface area contributed by atoms with Crippen molar-refractivity contribution >= 4 is 18.6 Å². The number of ether oxygens (including phenoxy) is 1. The number of methoxy groups -OCH3 is 1. The van der Waals surface area contributed by atoms with Crippen LogP contribution in [0.2, 0.25) is 0 Å². The van der Waals surface area contributed by atoms with Gasteiger partial charge in [0.1, 0.15) is 0 Å². The molecule has 0 aromatic carbocycles. The first-order valence-corrected chi connectivity index (χ1v) is 4.46. The minimum Gasteiger partial charge on any atom is -0.472 e. The average molecular weight is 200 g/mol. The van der Waals surface area contributed by atoms with Gasteiger partial charge in [0.05, 0.1) is 25.6 Å². The molecule has 3 nitrogen and oxygen atoms in total. The van der Waals surface area contributed by atoms with Crippen LogP contribution in [-0.4, -0.2) is 13.1 Å². The molecular weight excluding hydrogens is 188 g/mol. The van der Waals surface area contributed by atoms with Crippen LogP contribution in [0, 0.1) is 5.92 Å². The molecule has 0 N–H and O–H groups in total. The van der Waals surface area contributed by atoms with Crippen molar-refractivity contribution in [1.29, 1.82) is 0 Å². The van der Waals surface area contributed by atoms with Gasteiger partial charge in [0.25, 0.3) is 0 Å². The van der Waals surface area contributed by atoms with E-state index in [1.165, 1.54) is 7.11 Å². The van der Waals surface area contributed by atoms with Gasteiger partial charge in [-0.3, -0.25) is 4.79 Å². The Labute approximate surface area is 82.5 Å². The standard InChI is InChI=1S/C9H12O3S/c1-6(9(10)11-2)8(13)7-3-4-12-5-7/h3-6,8,13H,1-2H3. The Balaban J connectivity index is 2.68. The van der Waals surface area contributed by atoms with E-state index in [4.69, 9.17) is 4.42 Å². The van der Waals surface area contributed by atoms with Crippen LogP contribution in [0.25, 0.3) is 0 Å². The lowest BCUT2D eigenvalue weighted by Gasteiger charge is -2.14. The minimum atomic E-state index is -0.272. The number of furan rings is 1. The third-order valence-electron chi connectivity index (χ3n) is 1.93. The third kappa shape index (κ3) is 2.28. The van der Waals surface area contributed by atoms with E-state index in [9.17, 15) is 4.79 Å². The Hall–Kier alpha value is -0.900. The normalized spacial score (nSPS) is 15.0. The molecular formula is C9H12O3S. The maximum absolute atomic E-state index is 11.1. The zero-order chi connectivity index (χ0) is 9.84. The van der Waals surface area contributed by atoms with Crippen LogP contribution in [0.4, 0.5) is 0 Å². The molecule has 1 rings (SSSR count). The molecule has 0 fully saturated rings. The van der Waals surface area contributed by atoms with Gasteiger partial charge in [-0.15, -0.1) is 0 Å². The van der Waals surface area contributed by atoms with Crippen LogP contribution >= 0.6 is 12.6 Å². The fraction of sp³-hybridized carbons (Fsp3) is 0.444. The van der Waals surface area contributed by atoms with Crippen LogP contribution < -0.4 is 0 Å². The van der Waals surface area contributed by atoms with Crippen LogP contribution in [0.1, 0.15) is 17.7 Å². The second-order valence-corrected chi connectivity index (χ2v) is 3.37. The van der Waals surface area contributed by atoms with E-state index in [1.807, 2.05) is 0 Å². The van der Waals surface area contributed by atoms with Gasteiger partial charge in [-0.05, 0) is 6.07 Å². The molecule has 0 aliphatic rings. The van der Waals surface area contributed by atoms with Crippen molar-refractivity contribution in [2.24, 2.45) is 5.92 Å². The van der Waals surface area contributed by atoms with Crippen molar-refractivity contribution in [3.05, 3.63) is 24.2 Å². The van der Waals surface area contributed by atoms with Gasteiger partial charge < -0.3 is 9.15 Å². The smallest absolute Gasteiger partial charge is 0.309 e. The van der Waals surface area contributed by atoms with Crippen LogP contribution in [0.15, 0.2) is 23.0 Å². The largest absolute Gasteiger partial charge is 0.472 e. The SMILES string of the molecule is COC(=O)C(C)C(S)c1ccoc1. The minimum absolute atomic E-state index is 0.175. The summed E-state index contributed by atoms with van der Waals surface area (Å²) in [5, 5.41) is -0.175. The van der Waals surface area contributed by atoms with Crippen molar-refractivity contribution in [2.75, 3.05) is 7.11 Å². The highest BCUT2D eigenvalue weighted by atomic mass is 32.1. The molecule has 0 radical (unpaired) electrons. The highest BCUT2D eigenvalue weighted by Crippen LogP contribution is 2.29. The molecule has 0 aliphatic heterocycles. The summed E-state index contributed by atoms with van der Waals surface area (Å²) in [7, 11) is 1.37. The molecule has 2 unspecified atom stereocenters. The Morgan fingerprint density at radius 3 is 2.85 bits per heavy atom. The van der Waals surface area contributed by atoms with E-state index < -0.39 is 0 Å². The summed E-state index contributed by atoms with van der Waals surface area (Å²) in [4.78, 5) is 11.1. The van der Waals surface area contributed by atoms with Crippen LogP contribution in [-0.2, 0) is 9.53 Å². The fourth-order valence-electron chi connectivity index (χ4n) is 1.05. The van der Waals surface area contributed by atoms with E-state index in [0.717, 1.165) is 5.56 Å². The molecule has 0 saturated carbocycles. The molecule has 0 aliphatic carbocycles. The predicted octanol–water partition coefficient (Wildman–Crippen LogP) is 2.06. The second kappa shape index (κ2) is 4.37.